The van der Waals surface area contributed by atoms with Crippen molar-refractivity contribution < 1.29 is 4.79 Å². The fraction of sp³-hybridized carbons (Fsp3) is 0.909. The highest BCUT2D eigenvalue weighted by atomic mass is 16.1. The molecule has 1 unspecified atom stereocenters. The maximum atomic E-state index is 11.4. The monoisotopic (exact) mass is 198 g/mol. The van der Waals surface area contributed by atoms with Gasteiger partial charge in [-0.2, -0.15) is 0 Å². The normalized spacial score (nSPS) is 26.4. The molecule has 1 atom stereocenters. The number of unbranched alkanes of at least 4 members (excludes halogenated alkanes) is 1. The van der Waals surface area contributed by atoms with E-state index in [0.29, 0.717) is 6.42 Å². The van der Waals surface area contributed by atoms with Crippen molar-refractivity contribution in [3.05, 3.63) is 0 Å². The van der Waals surface area contributed by atoms with Gasteiger partial charge in [-0.25, -0.2) is 0 Å². The second-order valence-electron chi connectivity index (χ2n) is 4.47. The van der Waals surface area contributed by atoms with Gasteiger partial charge in [-0.15, -0.1) is 0 Å². The van der Waals surface area contributed by atoms with Gasteiger partial charge in [0.1, 0.15) is 0 Å². The Morgan fingerprint density at radius 1 is 1.57 bits per heavy atom. The summed E-state index contributed by atoms with van der Waals surface area (Å²) in [5.41, 5.74) is 0.141. The molecule has 2 N–H and O–H groups in total. The minimum Gasteiger partial charge on any atom is -0.354 e. The van der Waals surface area contributed by atoms with E-state index >= 15 is 0 Å². The van der Waals surface area contributed by atoms with E-state index in [4.69, 9.17) is 0 Å². The first-order chi connectivity index (χ1) is 6.66. The Kier molecular flexibility index (Phi) is 4.39. The van der Waals surface area contributed by atoms with Gasteiger partial charge in [-0.1, -0.05) is 13.3 Å². The lowest BCUT2D eigenvalue weighted by atomic mass is 10.0. The van der Waals surface area contributed by atoms with E-state index in [1.807, 2.05) is 0 Å². The van der Waals surface area contributed by atoms with E-state index in [-0.39, 0.29) is 11.4 Å². The molecule has 0 aromatic carbocycles. The Bertz CT molecular complexity index is 186. The summed E-state index contributed by atoms with van der Waals surface area (Å²) in [5.74, 6) is 0.196. The van der Waals surface area contributed by atoms with Gasteiger partial charge in [0.15, 0.2) is 0 Å². The molecule has 0 bridgehead atoms. The predicted molar refractivity (Wildman–Crippen MR) is 58.2 cm³/mol. The number of amides is 1. The van der Waals surface area contributed by atoms with Crippen molar-refractivity contribution in [2.75, 3.05) is 13.1 Å². The maximum Gasteiger partial charge on any atom is 0.220 e. The molecule has 1 heterocycles. The third-order valence-corrected chi connectivity index (χ3v) is 2.89. The van der Waals surface area contributed by atoms with Gasteiger partial charge in [-0.05, 0) is 32.7 Å². The molecule has 0 aromatic rings. The first-order valence-corrected chi connectivity index (χ1v) is 5.68. The molecule has 0 spiro atoms. The predicted octanol–water partition coefficient (Wildman–Crippen LogP) is 1.43. The smallest absolute Gasteiger partial charge is 0.220 e. The molecule has 1 rings (SSSR count). The third kappa shape index (κ3) is 3.66. The van der Waals surface area contributed by atoms with Gasteiger partial charge in [0, 0.05) is 18.5 Å². The highest BCUT2D eigenvalue weighted by molar-refractivity contribution is 5.75. The zero-order valence-corrected chi connectivity index (χ0v) is 9.36. The number of nitrogens with one attached hydrogen (secondary N) is 2. The number of hydrogen-bond acceptors (Lipinski definition) is 2. The van der Waals surface area contributed by atoms with Crippen molar-refractivity contribution in [3.8, 4) is 0 Å². The summed E-state index contributed by atoms with van der Waals surface area (Å²) in [7, 11) is 0. The molecular formula is C11H22N2O. The summed E-state index contributed by atoms with van der Waals surface area (Å²) in [4.78, 5) is 11.4. The van der Waals surface area contributed by atoms with E-state index in [0.717, 1.165) is 25.9 Å². The molecule has 82 valence electrons. The van der Waals surface area contributed by atoms with Crippen LogP contribution in [-0.4, -0.2) is 24.5 Å². The zero-order chi connectivity index (χ0) is 10.4. The number of carbonyl (C=O) groups is 1. The van der Waals surface area contributed by atoms with E-state index in [9.17, 15) is 4.79 Å². The first-order valence-electron chi connectivity index (χ1n) is 5.68. The lowest BCUT2D eigenvalue weighted by molar-refractivity contribution is -0.121. The van der Waals surface area contributed by atoms with Gasteiger partial charge >= 0.3 is 0 Å². The maximum absolute atomic E-state index is 11.4. The second-order valence-corrected chi connectivity index (χ2v) is 4.47. The molecule has 1 saturated heterocycles. The molecule has 1 fully saturated rings. The van der Waals surface area contributed by atoms with Gasteiger partial charge < -0.3 is 10.6 Å². The van der Waals surface area contributed by atoms with Crippen molar-refractivity contribution in [3.63, 3.8) is 0 Å². The van der Waals surface area contributed by atoms with Crippen LogP contribution in [0.2, 0.25) is 0 Å². The zero-order valence-electron chi connectivity index (χ0n) is 9.36. The lowest BCUT2D eigenvalue weighted by Gasteiger charge is -2.24. The molecule has 0 radical (unpaired) electrons. The van der Waals surface area contributed by atoms with Gasteiger partial charge in [0.2, 0.25) is 5.91 Å². The highest BCUT2D eigenvalue weighted by Crippen LogP contribution is 2.16. The molecule has 1 aliphatic heterocycles. The van der Waals surface area contributed by atoms with E-state index in [1.54, 1.807) is 0 Å². The molecular weight excluding hydrogens is 176 g/mol. The minimum atomic E-state index is 0.141. The molecule has 0 saturated carbocycles. The van der Waals surface area contributed by atoms with Crippen LogP contribution in [0, 0.1) is 0 Å². The summed E-state index contributed by atoms with van der Waals surface area (Å²) in [5, 5.41) is 6.43. The Labute approximate surface area is 86.6 Å². The molecule has 14 heavy (non-hydrogen) atoms. The van der Waals surface area contributed by atoms with Crippen molar-refractivity contribution >= 4 is 5.91 Å². The van der Waals surface area contributed by atoms with Crippen LogP contribution in [0.5, 0.6) is 0 Å². The van der Waals surface area contributed by atoms with Gasteiger partial charge in [0.25, 0.3) is 0 Å². The topological polar surface area (TPSA) is 41.1 Å². The number of hydrogen-bond donors (Lipinski definition) is 2. The van der Waals surface area contributed by atoms with Crippen molar-refractivity contribution in [2.45, 2.75) is 51.5 Å². The molecule has 3 heteroatoms. The number of rotatable bonds is 5. The summed E-state index contributed by atoms with van der Waals surface area (Å²) >= 11 is 0. The molecule has 0 aliphatic carbocycles. The van der Waals surface area contributed by atoms with Gasteiger partial charge in [-0.3, -0.25) is 4.79 Å². The van der Waals surface area contributed by atoms with Crippen LogP contribution < -0.4 is 10.6 Å². The van der Waals surface area contributed by atoms with Crippen molar-refractivity contribution in [1.82, 2.24) is 10.6 Å². The summed E-state index contributed by atoms with van der Waals surface area (Å²) in [6.45, 7) is 6.14. The minimum absolute atomic E-state index is 0.141. The average Bonchev–Trinajstić information content (AvgIpc) is 2.60. The Hall–Kier alpha value is -0.570. The molecule has 1 aliphatic rings. The van der Waals surface area contributed by atoms with Gasteiger partial charge in [0.05, 0.1) is 0 Å². The molecule has 0 aromatic heterocycles. The highest BCUT2D eigenvalue weighted by Gasteiger charge is 2.27. The Morgan fingerprint density at radius 2 is 2.36 bits per heavy atom. The summed E-state index contributed by atoms with van der Waals surface area (Å²) in [6.07, 6.45) is 5.15. The van der Waals surface area contributed by atoms with Crippen LogP contribution in [0.25, 0.3) is 0 Å². The lowest BCUT2D eigenvalue weighted by Crippen LogP contribution is -2.47. The van der Waals surface area contributed by atoms with E-state index < -0.39 is 0 Å². The molecule has 3 nitrogen and oxygen atoms in total. The van der Waals surface area contributed by atoms with Crippen LogP contribution in [0.15, 0.2) is 0 Å². The van der Waals surface area contributed by atoms with Crippen LogP contribution in [0.3, 0.4) is 0 Å². The fourth-order valence-electron chi connectivity index (χ4n) is 1.83. The van der Waals surface area contributed by atoms with Crippen molar-refractivity contribution in [1.29, 1.82) is 0 Å². The largest absolute Gasteiger partial charge is 0.354 e. The van der Waals surface area contributed by atoms with Crippen LogP contribution in [0.4, 0.5) is 0 Å². The van der Waals surface area contributed by atoms with Crippen LogP contribution in [-0.2, 0) is 4.79 Å². The average molecular weight is 198 g/mol. The van der Waals surface area contributed by atoms with E-state index in [2.05, 4.69) is 24.5 Å². The second kappa shape index (κ2) is 5.35. The Balaban J connectivity index is 2.15. The summed E-state index contributed by atoms with van der Waals surface area (Å²) < 4.78 is 0. The van der Waals surface area contributed by atoms with E-state index in [1.165, 1.54) is 12.8 Å². The standard InChI is InChI=1S/C11H22N2O/c1-3-4-6-10(14)12-9-11(2)7-5-8-13-11/h13H,3-9H2,1-2H3,(H,12,14). The van der Waals surface area contributed by atoms with Crippen LogP contribution in [0.1, 0.15) is 46.0 Å². The third-order valence-electron chi connectivity index (χ3n) is 2.89. The van der Waals surface area contributed by atoms with Crippen molar-refractivity contribution in [2.24, 2.45) is 0 Å². The summed E-state index contributed by atoms with van der Waals surface area (Å²) in [6, 6.07) is 0. The quantitative estimate of drug-likeness (QED) is 0.701. The molecule has 1 amide bonds. The van der Waals surface area contributed by atoms with Crippen LogP contribution >= 0.6 is 0 Å². The SMILES string of the molecule is CCCCC(=O)NCC1(C)CCCN1. The number of carbonyl (C=O) groups excluding carboxylic acids is 1. The fourth-order valence-corrected chi connectivity index (χ4v) is 1.83. The Morgan fingerprint density at radius 3 is 2.93 bits per heavy atom. The first kappa shape index (κ1) is 11.5.